The average Bonchev–Trinajstić information content (AvgIpc) is 2.32. The highest BCUT2D eigenvalue weighted by Crippen LogP contribution is 2.26. The molecule has 0 aromatic heterocycles. The number of halogens is 1. The minimum atomic E-state index is -0.420. The van der Waals surface area contributed by atoms with E-state index in [1.54, 1.807) is 0 Å². The minimum Gasteiger partial charge on any atom is -0.391 e. The highest BCUT2D eigenvalue weighted by atomic mass is 35.5. The fourth-order valence-electron chi connectivity index (χ4n) is 2.05. The van der Waals surface area contributed by atoms with Gasteiger partial charge in [-0.1, -0.05) is 30.3 Å². The van der Waals surface area contributed by atoms with Gasteiger partial charge in [0.05, 0.1) is 24.2 Å². The maximum absolute atomic E-state index is 9.63. The molecule has 1 fully saturated rings. The first-order valence-electron chi connectivity index (χ1n) is 5.75. The number of aliphatic hydroxyl groups excluding tert-OH is 1. The molecular formula is C13H17ClO2. The van der Waals surface area contributed by atoms with Crippen LogP contribution in [0.5, 0.6) is 0 Å². The van der Waals surface area contributed by atoms with Gasteiger partial charge in [0.25, 0.3) is 0 Å². The summed E-state index contributed by atoms with van der Waals surface area (Å²) in [6.07, 6.45) is 2.28. The minimum absolute atomic E-state index is 0.0226. The van der Waals surface area contributed by atoms with E-state index in [9.17, 15) is 5.11 Å². The predicted molar refractivity (Wildman–Crippen MR) is 64.5 cm³/mol. The Morgan fingerprint density at radius 1 is 1.25 bits per heavy atom. The first kappa shape index (κ1) is 11.9. The Morgan fingerprint density at radius 2 is 2.00 bits per heavy atom. The van der Waals surface area contributed by atoms with Crippen LogP contribution in [0.3, 0.4) is 0 Å². The standard InChI is InChI=1S/C13H17ClO2/c14-13-11(15)7-4-8-12(13)16-9-10-5-2-1-3-6-10/h1-3,5-6,11-13,15H,4,7-9H2/t11-,12-,13-/m0/s1. The highest BCUT2D eigenvalue weighted by molar-refractivity contribution is 6.21. The molecule has 0 unspecified atom stereocenters. The normalized spacial score (nSPS) is 30.2. The maximum Gasteiger partial charge on any atom is 0.0856 e. The van der Waals surface area contributed by atoms with Crippen LogP contribution < -0.4 is 0 Å². The van der Waals surface area contributed by atoms with Crippen LogP contribution in [-0.2, 0) is 11.3 Å². The fourth-order valence-corrected chi connectivity index (χ4v) is 2.37. The summed E-state index contributed by atoms with van der Waals surface area (Å²) < 4.78 is 5.76. The van der Waals surface area contributed by atoms with Gasteiger partial charge in [0.1, 0.15) is 0 Å². The molecule has 2 rings (SSSR count). The zero-order valence-electron chi connectivity index (χ0n) is 9.18. The van der Waals surface area contributed by atoms with Gasteiger partial charge in [-0.2, -0.15) is 0 Å². The van der Waals surface area contributed by atoms with E-state index in [4.69, 9.17) is 16.3 Å². The third kappa shape index (κ3) is 2.97. The Kier molecular flexibility index (Phi) is 4.22. The van der Waals surface area contributed by atoms with E-state index >= 15 is 0 Å². The summed E-state index contributed by atoms with van der Waals surface area (Å²) in [6.45, 7) is 0.571. The van der Waals surface area contributed by atoms with E-state index in [0.29, 0.717) is 6.61 Å². The van der Waals surface area contributed by atoms with Crippen molar-refractivity contribution in [1.82, 2.24) is 0 Å². The molecular weight excluding hydrogens is 224 g/mol. The summed E-state index contributed by atoms with van der Waals surface area (Å²) in [4.78, 5) is 0. The molecule has 0 bridgehead atoms. The van der Waals surface area contributed by atoms with Gasteiger partial charge in [0.15, 0.2) is 0 Å². The zero-order chi connectivity index (χ0) is 11.4. The molecule has 88 valence electrons. The third-order valence-electron chi connectivity index (χ3n) is 3.02. The number of rotatable bonds is 3. The number of benzene rings is 1. The van der Waals surface area contributed by atoms with Crippen molar-refractivity contribution in [3.63, 3.8) is 0 Å². The maximum atomic E-state index is 9.63. The lowest BCUT2D eigenvalue weighted by atomic mass is 9.94. The van der Waals surface area contributed by atoms with Gasteiger partial charge < -0.3 is 9.84 Å². The smallest absolute Gasteiger partial charge is 0.0856 e. The third-order valence-corrected chi connectivity index (χ3v) is 3.59. The zero-order valence-corrected chi connectivity index (χ0v) is 9.94. The Bertz CT molecular complexity index is 315. The van der Waals surface area contributed by atoms with Gasteiger partial charge in [-0.25, -0.2) is 0 Å². The fraction of sp³-hybridized carbons (Fsp3) is 0.538. The van der Waals surface area contributed by atoms with Crippen LogP contribution in [0.1, 0.15) is 24.8 Å². The van der Waals surface area contributed by atoms with Gasteiger partial charge in [-0.05, 0) is 24.8 Å². The SMILES string of the molecule is O[C@H]1CCC[C@H](OCc2ccccc2)[C@H]1Cl. The predicted octanol–water partition coefficient (Wildman–Crippen LogP) is 2.72. The van der Waals surface area contributed by atoms with Crippen LogP contribution >= 0.6 is 11.6 Å². The van der Waals surface area contributed by atoms with Crippen LogP contribution in [0, 0.1) is 0 Å². The van der Waals surface area contributed by atoms with Crippen molar-refractivity contribution in [3.05, 3.63) is 35.9 Å². The van der Waals surface area contributed by atoms with E-state index < -0.39 is 6.10 Å². The number of hydrogen-bond donors (Lipinski definition) is 1. The molecule has 0 heterocycles. The van der Waals surface area contributed by atoms with Crippen molar-refractivity contribution < 1.29 is 9.84 Å². The van der Waals surface area contributed by atoms with E-state index in [0.717, 1.165) is 24.8 Å². The first-order chi connectivity index (χ1) is 7.77. The van der Waals surface area contributed by atoms with Gasteiger partial charge in [0, 0.05) is 0 Å². The molecule has 1 N–H and O–H groups in total. The number of alkyl halides is 1. The van der Waals surface area contributed by atoms with Crippen molar-refractivity contribution in [2.45, 2.75) is 43.5 Å². The number of aliphatic hydroxyl groups is 1. The van der Waals surface area contributed by atoms with Crippen molar-refractivity contribution in [2.24, 2.45) is 0 Å². The summed E-state index contributed by atoms with van der Waals surface area (Å²) in [6, 6.07) is 10.0. The average molecular weight is 241 g/mol. The monoisotopic (exact) mass is 240 g/mol. The summed E-state index contributed by atoms with van der Waals surface area (Å²) in [5, 5.41) is 9.37. The largest absolute Gasteiger partial charge is 0.391 e. The van der Waals surface area contributed by atoms with Gasteiger partial charge in [-0.3, -0.25) is 0 Å². The Balaban J connectivity index is 1.85. The van der Waals surface area contributed by atoms with E-state index in [1.807, 2.05) is 30.3 Å². The van der Waals surface area contributed by atoms with Gasteiger partial charge in [-0.15, -0.1) is 11.6 Å². The van der Waals surface area contributed by atoms with Crippen LogP contribution in [0.25, 0.3) is 0 Å². The van der Waals surface area contributed by atoms with Crippen molar-refractivity contribution in [1.29, 1.82) is 0 Å². The van der Waals surface area contributed by atoms with Crippen LogP contribution in [0.15, 0.2) is 30.3 Å². The molecule has 0 aliphatic heterocycles. The Labute approximate surface area is 101 Å². The number of ether oxygens (including phenoxy) is 1. The summed E-state index contributed by atoms with van der Waals surface area (Å²) in [5.41, 5.74) is 1.14. The second-order valence-electron chi connectivity index (χ2n) is 4.28. The molecule has 0 spiro atoms. The molecule has 1 aromatic carbocycles. The van der Waals surface area contributed by atoms with Gasteiger partial charge in [0.2, 0.25) is 0 Å². The van der Waals surface area contributed by atoms with E-state index in [-0.39, 0.29) is 11.5 Å². The van der Waals surface area contributed by atoms with Crippen molar-refractivity contribution in [3.8, 4) is 0 Å². The van der Waals surface area contributed by atoms with E-state index in [2.05, 4.69) is 0 Å². The molecule has 1 aliphatic rings. The van der Waals surface area contributed by atoms with Crippen molar-refractivity contribution in [2.75, 3.05) is 0 Å². The molecule has 2 nitrogen and oxygen atoms in total. The van der Waals surface area contributed by atoms with Crippen molar-refractivity contribution >= 4 is 11.6 Å². The van der Waals surface area contributed by atoms with E-state index in [1.165, 1.54) is 0 Å². The Morgan fingerprint density at radius 3 is 2.75 bits per heavy atom. The quantitative estimate of drug-likeness (QED) is 0.824. The molecule has 1 aliphatic carbocycles. The molecule has 16 heavy (non-hydrogen) atoms. The highest BCUT2D eigenvalue weighted by Gasteiger charge is 2.30. The first-order valence-corrected chi connectivity index (χ1v) is 6.18. The van der Waals surface area contributed by atoms with Crippen LogP contribution in [0.4, 0.5) is 0 Å². The topological polar surface area (TPSA) is 29.5 Å². The van der Waals surface area contributed by atoms with Gasteiger partial charge >= 0.3 is 0 Å². The lowest BCUT2D eigenvalue weighted by molar-refractivity contribution is -0.0187. The van der Waals surface area contributed by atoms with Crippen LogP contribution in [-0.4, -0.2) is 22.7 Å². The molecule has 3 heteroatoms. The second-order valence-corrected chi connectivity index (χ2v) is 4.78. The molecule has 1 saturated carbocycles. The lowest BCUT2D eigenvalue weighted by Crippen LogP contribution is -2.38. The van der Waals surface area contributed by atoms with Crippen LogP contribution in [0.2, 0.25) is 0 Å². The second kappa shape index (κ2) is 5.67. The summed E-state index contributed by atoms with van der Waals surface area (Å²) in [5.74, 6) is 0. The molecule has 0 radical (unpaired) electrons. The lowest BCUT2D eigenvalue weighted by Gasteiger charge is -2.31. The molecule has 1 aromatic rings. The molecule has 3 atom stereocenters. The Hall–Kier alpha value is -0.570. The number of hydrogen-bond acceptors (Lipinski definition) is 2. The molecule has 0 amide bonds. The summed E-state index contributed by atoms with van der Waals surface area (Å²) in [7, 11) is 0. The summed E-state index contributed by atoms with van der Waals surface area (Å²) >= 11 is 6.12. The molecule has 0 saturated heterocycles.